The Morgan fingerprint density at radius 3 is 2.90 bits per heavy atom. The summed E-state index contributed by atoms with van der Waals surface area (Å²) in [5, 5.41) is 10.7. The maximum atomic E-state index is 14.0. The van der Waals surface area contributed by atoms with Crippen LogP contribution in [0.1, 0.15) is 31.7 Å². The Kier molecular flexibility index (Phi) is 4.32. The van der Waals surface area contributed by atoms with Gasteiger partial charge >= 0.3 is 5.69 Å². The van der Waals surface area contributed by atoms with E-state index in [1.54, 1.807) is 4.90 Å². The van der Waals surface area contributed by atoms with Crippen LogP contribution in [-0.2, 0) is 11.3 Å². The normalized spacial score (nSPS) is 19.8. The van der Waals surface area contributed by atoms with Crippen molar-refractivity contribution >= 4 is 11.6 Å². The molecule has 0 bridgehead atoms. The summed E-state index contributed by atoms with van der Waals surface area (Å²) >= 11 is 0. The number of halogens is 1. The first-order valence-electron chi connectivity index (χ1n) is 6.68. The van der Waals surface area contributed by atoms with Crippen molar-refractivity contribution in [2.24, 2.45) is 5.92 Å². The first-order chi connectivity index (χ1) is 9.49. The highest BCUT2D eigenvalue weighted by atomic mass is 19.1. The Labute approximate surface area is 116 Å². The van der Waals surface area contributed by atoms with Crippen LogP contribution in [0.4, 0.5) is 10.1 Å². The van der Waals surface area contributed by atoms with E-state index in [1.165, 1.54) is 12.1 Å². The number of hydrogen-bond donors (Lipinski definition) is 0. The first kappa shape index (κ1) is 14.4. The van der Waals surface area contributed by atoms with Crippen LogP contribution in [0.5, 0.6) is 0 Å². The van der Waals surface area contributed by atoms with Crippen molar-refractivity contribution in [1.82, 2.24) is 4.90 Å². The van der Waals surface area contributed by atoms with Crippen molar-refractivity contribution in [3.8, 4) is 0 Å². The number of carbonyl (C=O) groups is 1. The van der Waals surface area contributed by atoms with Crippen molar-refractivity contribution < 1.29 is 14.1 Å². The molecule has 1 aromatic rings. The molecule has 0 radical (unpaired) electrons. The number of likely N-dealkylation sites (tertiary alicyclic amines) is 1. The lowest BCUT2D eigenvalue weighted by Crippen LogP contribution is -2.30. The Balaban J connectivity index is 2.19. The number of hydrogen-bond acceptors (Lipinski definition) is 3. The van der Waals surface area contributed by atoms with Gasteiger partial charge in [0.2, 0.25) is 11.7 Å². The molecule has 1 heterocycles. The quantitative estimate of drug-likeness (QED) is 0.631. The molecule has 6 heteroatoms. The minimum atomic E-state index is -0.845. The van der Waals surface area contributed by atoms with Crippen LogP contribution < -0.4 is 0 Å². The largest absolute Gasteiger partial charge is 0.338 e. The van der Waals surface area contributed by atoms with Crippen LogP contribution in [0.3, 0.4) is 0 Å². The van der Waals surface area contributed by atoms with Crippen LogP contribution in [0.15, 0.2) is 18.2 Å². The van der Waals surface area contributed by atoms with Gasteiger partial charge in [0.25, 0.3) is 0 Å². The molecular weight excluding hydrogens is 263 g/mol. The molecule has 1 aromatic carbocycles. The first-order valence-corrected chi connectivity index (χ1v) is 6.68. The Morgan fingerprint density at radius 1 is 1.45 bits per heavy atom. The molecule has 1 aliphatic heterocycles. The predicted molar refractivity (Wildman–Crippen MR) is 71.5 cm³/mol. The summed E-state index contributed by atoms with van der Waals surface area (Å²) in [6, 6.07) is 4.07. The zero-order valence-electron chi connectivity index (χ0n) is 11.3. The summed E-state index contributed by atoms with van der Waals surface area (Å²) in [5.74, 6) is -0.387. The van der Waals surface area contributed by atoms with Gasteiger partial charge < -0.3 is 4.90 Å². The van der Waals surface area contributed by atoms with Crippen molar-refractivity contribution in [1.29, 1.82) is 0 Å². The lowest BCUT2D eigenvalue weighted by atomic mass is 10.0. The topological polar surface area (TPSA) is 63.5 Å². The molecule has 1 atom stereocenters. The Hall–Kier alpha value is -1.98. The lowest BCUT2D eigenvalue weighted by Gasteiger charge is -2.20. The predicted octanol–water partition coefficient (Wildman–Crippen LogP) is 2.88. The van der Waals surface area contributed by atoms with E-state index in [0.29, 0.717) is 18.9 Å². The van der Waals surface area contributed by atoms with Gasteiger partial charge in [-0.25, -0.2) is 0 Å². The lowest BCUT2D eigenvalue weighted by molar-refractivity contribution is -0.387. The SMILES string of the molecule is CC1CCC(=O)N(Cc2cccc([N+](=O)[O-])c2F)CC1. The molecule has 1 unspecified atom stereocenters. The maximum absolute atomic E-state index is 14.0. The Bertz CT molecular complexity index is 533. The molecule has 0 saturated carbocycles. The molecule has 0 spiro atoms. The number of amides is 1. The summed E-state index contributed by atoms with van der Waals surface area (Å²) < 4.78 is 14.0. The van der Waals surface area contributed by atoms with Gasteiger partial charge in [0.05, 0.1) is 4.92 Å². The zero-order chi connectivity index (χ0) is 14.7. The standard InChI is InChI=1S/C14H17FN2O3/c1-10-5-6-13(18)16(8-7-10)9-11-3-2-4-12(14(11)15)17(19)20/h2-4,10H,5-9H2,1H3. The number of nitro benzene ring substituents is 1. The van der Waals surface area contributed by atoms with Crippen molar-refractivity contribution in [2.75, 3.05) is 6.54 Å². The molecule has 1 fully saturated rings. The minimum absolute atomic E-state index is 0.0137. The van der Waals surface area contributed by atoms with E-state index >= 15 is 0 Å². The number of carbonyl (C=O) groups excluding carboxylic acids is 1. The summed E-state index contributed by atoms with van der Waals surface area (Å²) in [7, 11) is 0. The summed E-state index contributed by atoms with van der Waals surface area (Å²) in [5.41, 5.74) is -0.347. The third-order valence-corrected chi connectivity index (χ3v) is 3.71. The third-order valence-electron chi connectivity index (χ3n) is 3.71. The van der Waals surface area contributed by atoms with Gasteiger partial charge in [0, 0.05) is 31.1 Å². The van der Waals surface area contributed by atoms with Crippen molar-refractivity contribution in [3.63, 3.8) is 0 Å². The van der Waals surface area contributed by atoms with Crippen LogP contribution in [0.2, 0.25) is 0 Å². The smallest absolute Gasteiger partial charge is 0.305 e. The van der Waals surface area contributed by atoms with E-state index in [1.807, 2.05) is 0 Å². The molecule has 2 rings (SSSR count). The van der Waals surface area contributed by atoms with Crippen LogP contribution >= 0.6 is 0 Å². The maximum Gasteiger partial charge on any atom is 0.305 e. The fourth-order valence-corrected chi connectivity index (χ4v) is 2.38. The van der Waals surface area contributed by atoms with E-state index < -0.39 is 16.4 Å². The summed E-state index contributed by atoms with van der Waals surface area (Å²) in [6.45, 7) is 2.76. The van der Waals surface area contributed by atoms with Gasteiger partial charge in [-0.1, -0.05) is 19.1 Å². The second-order valence-electron chi connectivity index (χ2n) is 5.26. The van der Waals surface area contributed by atoms with Crippen molar-refractivity contribution in [3.05, 3.63) is 39.7 Å². The number of rotatable bonds is 3. The Morgan fingerprint density at radius 2 is 2.20 bits per heavy atom. The number of nitrogens with zero attached hydrogens (tertiary/aromatic N) is 2. The molecule has 0 aliphatic carbocycles. The van der Waals surface area contributed by atoms with Gasteiger partial charge in [-0.05, 0) is 18.8 Å². The second kappa shape index (κ2) is 5.98. The molecule has 0 aromatic heterocycles. The molecule has 5 nitrogen and oxygen atoms in total. The molecule has 1 aliphatic rings. The molecule has 20 heavy (non-hydrogen) atoms. The summed E-state index contributed by atoms with van der Waals surface area (Å²) in [4.78, 5) is 23.5. The van der Waals surface area contributed by atoms with Crippen LogP contribution in [0, 0.1) is 21.8 Å². The number of nitro groups is 1. The minimum Gasteiger partial charge on any atom is -0.338 e. The van der Waals surface area contributed by atoms with Crippen LogP contribution in [-0.4, -0.2) is 22.3 Å². The van der Waals surface area contributed by atoms with Gasteiger partial charge in [-0.2, -0.15) is 4.39 Å². The monoisotopic (exact) mass is 280 g/mol. The van der Waals surface area contributed by atoms with E-state index in [0.717, 1.165) is 18.9 Å². The highest BCUT2D eigenvalue weighted by molar-refractivity contribution is 5.76. The molecule has 0 N–H and O–H groups in total. The highest BCUT2D eigenvalue weighted by Gasteiger charge is 2.23. The van der Waals surface area contributed by atoms with Crippen LogP contribution in [0.25, 0.3) is 0 Å². The molecule has 108 valence electrons. The highest BCUT2D eigenvalue weighted by Crippen LogP contribution is 2.24. The molecule has 1 amide bonds. The number of benzene rings is 1. The van der Waals surface area contributed by atoms with Gasteiger partial charge in [0.1, 0.15) is 0 Å². The van der Waals surface area contributed by atoms with E-state index in [2.05, 4.69) is 6.92 Å². The fourth-order valence-electron chi connectivity index (χ4n) is 2.38. The third kappa shape index (κ3) is 3.12. The van der Waals surface area contributed by atoms with Gasteiger partial charge in [0.15, 0.2) is 0 Å². The molecular formula is C14H17FN2O3. The second-order valence-corrected chi connectivity index (χ2v) is 5.26. The average Bonchev–Trinajstić information content (AvgIpc) is 2.56. The summed E-state index contributed by atoms with van der Waals surface area (Å²) in [6.07, 6.45) is 2.17. The van der Waals surface area contributed by atoms with E-state index in [4.69, 9.17) is 0 Å². The van der Waals surface area contributed by atoms with Gasteiger partial charge in [-0.3, -0.25) is 14.9 Å². The zero-order valence-corrected chi connectivity index (χ0v) is 11.3. The van der Waals surface area contributed by atoms with E-state index in [9.17, 15) is 19.3 Å². The van der Waals surface area contributed by atoms with Crippen molar-refractivity contribution in [2.45, 2.75) is 32.7 Å². The molecule has 1 saturated heterocycles. The van der Waals surface area contributed by atoms with E-state index in [-0.39, 0.29) is 18.0 Å². The fraction of sp³-hybridized carbons (Fsp3) is 0.500. The van der Waals surface area contributed by atoms with Gasteiger partial charge in [-0.15, -0.1) is 0 Å². The average molecular weight is 280 g/mol.